The van der Waals surface area contributed by atoms with Gasteiger partial charge >= 0.3 is 0 Å². The van der Waals surface area contributed by atoms with Crippen molar-refractivity contribution >= 4 is 39.0 Å². The summed E-state index contributed by atoms with van der Waals surface area (Å²) in [7, 11) is 0.928. The first-order chi connectivity index (χ1) is 21.1. The van der Waals surface area contributed by atoms with Crippen LogP contribution in [0.1, 0.15) is 78.1 Å². The van der Waals surface area contributed by atoms with Crippen LogP contribution in [0.5, 0.6) is 0 Å². The molecule has 1 N–H and O–H groups in total. The quantitative estimate of drug-likeness (QED) is 0.400. The molecule has 1 aromatic carbocycles. The van der Waals surface area contributed by atoms with Crippen molar-refractivity contribution in [3.05, 3.63) is 41.2 Å². The summed E-state index contributed by atoms with van der Waals surface area (Å²) in [5, 5.41) is 4.70. The number of hydrogen-bond acceptors (Lipinski definition) is 9. The Hall–Kier alpha value is -2.29. The first-order valence-corrected chi connectivity index (χ1v) is 18.0. The van der Waals surface area contributed by atoms with Crippen LogP contribution in [0, 0.1) is 5.41 Å². The van der Waals surface area contributed by atoms with Crippen LogP contribution in [-0.4, -0.2) is 81.5 Å². The third-order valence-electron chi connectivity index (χ3n) is 9.18. The average molecular weight is 658 g/mol. The first kappa shape index (κ1) is 32.6. The molecule has 4 atom stereocenters. The number of rotatable bonds is 7. The van der Waals surface area contributed by atoms with Crippen molar-refractivity contribution in [3.8, 4) is 5.69 Å². The minimum Gasteiger partial charge on any atom is -0.376 e. The van der Waals surface area contributed by atoms with Gasteiger partial charge in [0.1, 0.15) is 17.8 Å². The van der Waals surface area contributed by atoms with E-state index in [-0.39, 0.29) is 28.9 Å². The molecular weight excluding hydrogens is 611 g/mol. The van der Waals surface area contributed by atoms with Gasteiger partial charge in [-0.25, -0.2) is 27.8 Å². The zero-order valence-electron chi connectivity index (χ0n) is 27.8. The van der Waals surface area contributed by atoms with E-state index in [1.807, 2.05) is 46.2 Å². The molecule has 2 saturated heterocycles. The van der Waals surface area contributed by atoms with Crippen LogP contribution in [0.4, 0.5) is 5.82 Å². The molecule has 11 nitrogen and oxygen atoms in total. The molecule has 0 amide bonds. The predicted octanol–water partition coefficient (Wildman–Crippen LogP) is 4.17. The molecule has 5 heterocycles. The van der Waals surface area contributed by atoms with Gasteiger partial charge in [-0.2, -0.15) is 5.10 Å². The van der Waals surface area contributed by atoms with E-state index < -0.39 is 26.8 Å². The molecule has 2 fully saturated rings. The number of nitrogens with zero attached hydrogens (tertiary/aromatic N) is 6. The van der Waals surface area contributed by atoms with Crippen molar-refractivity contribution in [1.82, 2.24) is 29.4 Å². The van der Waals surface area contributed by atoms with E-state index >= 15 is 0 Å². The summed E-state index contributed by atoms with van der Waals surface area (Å²) in [6.45, 7) is 17.7. The Kier molecular flexibility index (Phi) is 8.75. The molecule has 2 aromatic heterocycles. The highest BCUT2D eigenvalue weighted by molar-refractivity contribution is 7.84. The number of piperidine rings is 1. The Bertz CT molecular complexity index is 1620. The Morgan fingerprint density at radius 2 is 1.76 bits per heavy atom. The lowest BCUT2D eigenvalue weighted by Gasteiger charge is -2.43. The summed E-state index contributed by atoms with van der Waals surface area (Å²) in [6.07, 6.45) is 3.45. The molecular formula is C32H47N7O4S2. The van der Waals surface area contributed by atoms with E-state index in [4.69, 9.17) is 24.0 Å². The molecule has 13 heteroatoms. The number of anilines is 1. The van der Waals surface area contributed by atoms with Gasteiger partial charge < -0.3 is 9.64 Å². The fourth-order valence-corrected chi connectivity index (χ4v) is 8.09. The molecule has 3 aromatic rings. The molecule has 0 saturated carbocycles. The van der Waals surface area contributed by atoms with Crippen LogP contribution in [0.25, 0.3) is 16.9 Å². The number of ether oxygens (including phenoxy) is 1. The highest BCUT2D eigenvalue weighted by atomic mass is 32.2. The van der Waals surface area contributed by atoms with Gasteiger partial charge in [-0.1, -0.05) is 6.07 Å². The third-order valence-corrected chi connectivity index (χ3v) is 12.1. The van der Waals surface area contributed by atoms with Crippen LogP contribution in [0.2, 0.25) is 0 Å². The minimum absolute atomic E-state index is 0.00405. The van der Waals surface area contributed by atoms with Crippen molar-refractivity contribution in [2.24, 2.45) is 5.41 Å². The molecule has 246 valence electrons. The van der Waals surface area contributed by atoms with Gasteiger partial charge in [0.2, 0.25) is 0 Å². The van der Waals surface area contributed by atoms with E-state index in [1.165, 1.54) is 11.1 Å². The SMILES string of the molecule is C[C@@H]1OCC2(CCN(c3nc4cnn(-c5ccc6c(c5)CN(C)C6)c4nc3COS(=O)C(C)(C)C)CC2)[C@@H]1NS(=O)C(C)(C)C. The van der Waals surface area contributed by atoms with Crippen molar-refractivity contribution < 1.29 is 17.3 Å². The molecule has 3 aliphatic heterocycles. The van der Waals surface area contributed by atoms with Gasteiger partial charge in [-0.05, 0) is 91.6 Å². The van der Waals surface area contributed by atoms with Gasteiger partial charge in [0.25, 0.3) is 0 Å². The smallest absolute Gasteiger partial charge is 0.182 e. The molecule has 0 radical (unpaired) electrons. The van der Waals surface area contributed by atoms with Crippen molar-refractivity contribution in [2.75, 3.05) is 31.6 Å². The fraction of sp³-hybridized carbons (Fsp3) is 0.656. The number of fused-ring (bicyclic) bond motifs is 2. The second kappa shape index (κ2) is 12.1. The maximum Gasteiger partial charge on any atom is 0.182 e. The molecule has 0 bridgehead atoms. The van der Waals surface area contributed by atoms with E-state index in [1.54, 1.807) is 6.20 Å². The average Bonchev–Trinajstić information content (AvgIpc) is 3.65. The van der Waals surface area contributed by atoms with Crippen LogP contribution in [-0.2, 0) is 50.7 Å². The Morgan fingerprint density at radius 1 is 1.04 bits per heavy atom. The van der Waals surface area contributed by atoms with Crippen LogP contribution < -0.4 is 9.62 Å². The van der Waals surface area contributed by atoms with E-state index in [0.29, 0.717) is 23.5 Å². The Labute approximate surface area is 271 Å². The number of nitrogens with one attached hydrogen (secondary N) is 1. The maximum absolute atomic E-state index is 13.1. The van der Waals surface area contributed by atoms with E-state index in [0.717, 1.165) is 50.5 Å². The van der Waals surface area contributed by atoms with Gasteiger partial charge in [-0.3, -0.25) is 9.08 Å². The molecule has 1 spiro atoms. The highest BCUT2D eigenvalue weighted by Crippen LogP contribution is 2.44. The predicted molar refractivity (Wildman–Crippen MR) is 179 cm³/mol. The summed E-state index contributed by atoms with van der Waals surface area (Å²) >= 11 is -1.52. The van der Waals surface area contributed by atoms with Crippen molar-refractivity contribution in [1.29, 1.82) is 0 Å². The number of benzene rings is 1. The summed E-state index contributed by atoms with van der Waals surface area (Å²) in [6, 6.07) is 6.42. The first-order valence-electron chi connectivity index (χ1n) is 15.8. The number of hydrogen-bond donors (Lipinski definition) is 1. The zero-order chi connectivity index (χ0) is 32.3. The molecule has 45 heavy (non-hydrogen) atoms. The van der Waals surface area contributed by atoms with Crippen LogP contribution in [0.3, 0.4) is 0 Å². The topological polar surface area (TPSA) is 115 Å². The Balaban J connectivity index is 1.30. The van der Waals surface area contributed by atoms with Crippen molar-refractivity contribution in [2.45, 2.75) is 103 Å². The fourth-order valence-electron chi connectivity index (χ4n) is 6.49. The van der Waals surface area contributed by atoms with Gasteiger partial charge in [-0.15, -0.1) is 0 Å². The largest absolute Gasteiger partial charge is 0.376 e. The second-order valence-corrected chi connectivity index (χ2v) is 18.8. The van der Waals surface area contributed by atoms with Gasteiger partial charge in [0.15, 0.2) is 22.5 Å². The normalized spacial score (nSPS) is 23.6. The summed E-state index contributed by atoms with van der Waals surface area (Å²) in [5.74, 6) is 0.730. The zero-order valence-corrected chi connectivity index (χ0v) is 29.4. The maximum atomic E-state index is 13.1. The molecule has 6 rings (SSSR count). The molecule has 2 unspecified atom stereocenters. The van der Waals surface area contributed by atoms with Gasteiger partial charge in [0, 0.05) is 31.6 Å². The lowest BCUT2D eigenvalue weighted by molar-refractivity contribution is 0.0973. The van der Waals surface area contributed by atoms with E-state index in [2.05, 4.69) is 46.7 Å². The minimum atomic E-state index is -1.52. The van der Waals surface area contributed by atoms with Crippen molar-refractivity contribution in [3.63, 3.8) is 0 Å². The lowest BCUT2D eigenvalue weighted by Crippen LogP contribution is -2.55. The Morgan fingerprint density at radius 3 is 2.44 bits per heavy atom. The van der Waals surface area contributed by atoms with Gasteiger partial charge in [0.05, 0.1) is 51.1 Å². The molecule has 3 aliphatic rings. The monoisotopic (exact) mass is 657 g/mol. The summed E-state index contributed by atoms with van der Waals surface area (Å²) < 4.78 is 42.5. The third kappa shape index (κ3) is 6.48. The standard InChI is InChI=1S/C32H47N7O4S2/c1-21-27(36-44(40)30(2,3)4)32(20-42-21)11-13-38(14-12-32)28-26(19-43-45(41)31(5,6)7)35-29-25(34-28)16-33-39(29)24-10-9-22-17-37(8)18-23(22)15-24/h9-10,15-16,21,27,36H,11-14,17-20H2,1-8H3/t21-,27+,44?,45?/m0/s1. The van der Waals surface area contributed by atoms with Crippen LogP contribution >= 0.6 is 0 Å². The highest BCUT2D eigenvalue weighted by Gasteiger charge is 2.51. The van der Waals surface area contributed by atoms with E-state index in [9.17, 15) is 8.42 Å². The number of aromatic nitrogens is 4. The lowest BCUT2D eigenvalue weighted by atomic mass is 9.73. The summed E-state index contributed by atoms with van der Waals surface area (Å²) in [4.78, 5) is 14.7. The summed E-state index contributed by atoms with van der Waals surface area (Å²) in [5.41, 5.74) is 5.42. The molecule has 0 aliphatic carbocycles. The second-order valence-electron chi connectivity index (χ2n) is 14.8. The van der Waals surface area contributed by atoms with Crippen LogP contribution in [0.15, 0.2) is 24.4 Å².